The second-order valence-corrected chi connectivity index (χ2v) is 10.00. The van der Waals surface area contributed by atoms with Crippen molar-refractivity contribution in [1.29, 1.82) is 0 Å². The summed E-state index contributed by atoms with van der Waals surface area (Å²) in [4.78, 5) is 5.43. The number of hydrogen-bond acceptors (Lipinski definition) is 5. The number of sulfonamides is 1. The lowest BCUT2D eigenvalue weighted by atomic mass is 10.2. The van der Waals surface area contributed by atoms with Crippen LogP contribution in [0.2, 0.25) is 0 Å². The molecule has 0 saturated heterocycles. The Hall–Kier alpha value is -0.430. The molecule has 0 spiro atoms. The highest BCUT2D eigenvalue weighted by atomic mass is 127. The molecule has 0 aliphatic carbocycles. The van der Waals surface area contributed by atoms with Crippen molar-refractivity contribution >= 4 is 51.3 Å². The van der Waals surface area contributed by atoms with Crippen molar-refractivity contribution in [2.45, 2.75) is 37.9 Å². The van der Waals surface area contributed by atoms with Crippen molar-refractivity contribution < 1.29 is 13.2 Å². The first-order chi connectivity index (χ1) is 12.3. The first kappa shape index (κ1) is 26.6. The van der Waals surface area contributed by atoms with Crippen LogP contribution in [0, 0.1) is 5.92 Å². The molecule has 2 N–H and O–H groups in total. The van der Waals surface area contributed by atoms with Crippen molar-refractivity contribution in [3.8, 4) is 0 Å². The minimum absolute atomic E-state index is 0. The van der Waals surface area contributed by atoms with Gasteiger partial charge in [-0.15, -0.1) is 35.3 Å². The molecule has 0 aliphatic heterocycles. The van der Waals surface area contributed by atoms with Gasteiger partial charge in [0, 0.05) is 45.3 Å². The molecular formula is C17H33IN4O3S2. The fourth-order valence-electron chi connectivity index (χ4n) is 1.96. The molecule has 0 amide bonds. The predicted molar refractivity (Wildman–Crippen MR) is 124 cm³/mol. The molecular weight excluding hydrogens is 499 g/mol. The standard InChI is InChI=1S/C17H32N4O3S2.HI/c1-6-18-17(19-10-7-11-24-13-14(2)3)20-12-15-8-9-16(25-15)26(22,23)21(4)5;/h8-9,14H,6-7,10-13H2,1-5H3,(H2,18,19,20);1H. The van der Waals surface area contributed by atoms with Gasteiger partial charge in [0.2, 0.25) is 0 Å². The molecule has 7 nitrogen and oxygen atoms in total. The van der Waals surface area contributed by atoms with Crippen LogP contribution in [0.15, 0.2) is 21.3 Å². The molecule has 0 unspecified atom stereocenters. The average molecular weight is 533 g/mol. The van der Waals surface area contributed by atoms with Crippen molar-refractivity contribution in [2.75, 3.05) is 40.4 Å². The summed E-state index contributed by atoms with van der Waals surface area (Å²) in [5.74, 6) is 1.27. The molecule has 1 aromatic rings. The van der Waals surface area contributed by atoms with Crippen LogP contribution in [0.5, 0.6) is 0 Å². The number of halogens is 1. The summed E-state index contributed by atoms with van der Waals surface area (Å²) in [7, 11) is -0.311. The molecule has 27 heavy (non-hydrogen) atoms. The summed E-state index contributed by atoms with van der Waals surface area (Å²) in [6.07, 6.45) is 0.904. The minimum atomic E-state index is -3.38. The Bertz CT molecular complexity index is 661. The number of ether oxygens (including phenoxy) is 1. The van der Waals surface area contributed by atoms with Gasteiger partial charge in [-0.2, -0.15) is 0 Å². The van der Waals surface area contributed by atoms with Crippen molar-refractivity contribution in [2.24, 2.45) is 10.9 Å². The first-order valence-corrected chi connectivity index (χ1v) is 11.1. The summed E-state index contributed by atoms with van der Waals surface area (Å²) in [6.45, 7) is 9.76. The van der Waals surface area contributed by atoms with Crippen LogP contribution in [0.1, 0.15) is 32.1 Å². The molecule has 10 heteroatoms. The number of hydrogen-bond donors (Lipinski definition) is 2. The number of rotatable bonds is 11. The van der Waals surface area contributed by atoms with Crippen LogP contribution >= 0.6 is 35.3 Å². The highest BCUT2D eigenvalue weighted by Gasteiger charge is 2.19. The van der Waals surface area contributed by atoms with E-state index in [1.165, 1.54) is 29.7 Å². The Morgan fingerprint density at radius 1 is 1.30 bits per heavy atom. The van der Waals surface area contributed by atoms with E-state index in [2.05, 4.69) is 29.5 Å². The van der Waals surface area contributed by atoms with Gasteiger partial charge < -0.3 is 15.4 Å². The molecule has 0 aromatic carbocycles. The summed E-state index contributed by atoms with van der Waals surface area (Å²) < 4.78 is 31.4. The van der Waals surface area contributed by atoms with Crippen LogP contribution in [0.4, 0.5) is 0 Å². The van der Waals surface area contributed by atoms with Gasteiger partial charge in [0.05, 0.1) is 6.54 Å². The quantitative estimate of drug-likeness (QED) is 0.198. The number of nitrogens with zero attached hydrogens (tertiary/aromatic N) is 2. The molecule has 0 fully saturated rings. The molecule has 158 valence electrons. The summed E-state index contributed by atoms with van der Waals surface area (Å²) in [5.41, 5.74) is 0. The maximum atomic E-state index is 12.1. The number of guanidine groups is 1. The lowest BCUT2D eigenvalue weighted by molar-refractivity contribution is 0.108. The maximum Gasteiger partial charge on any atom is 0.252 e. The van der Waals surface area contributed by atoms with Gasteiger partial charge in [0.15, 0.2) is 5.96 Å². The monoisotopic (exact) mass is 532 g/mol. The van der Waals surface area contributed by atoms with Crippen LogP contribution in [-0.4, -0.2) is 59.1 Å². The Labute approximate surface area is 185 Å². The third-order valence-electron chi connectivity index (χ3n) is 3.32. The van der Waals surface area contributed by atoms with Gasteiger partial charge in [-0.25, -0.2) is 17.7 Å². The molecule has 0 bridgehead atoms. The van der Waals surface area contributed by atoms with E-state index in [-0.39, 0.29) is 24.0 Å². The van der Waals surface area contributed by atoms with Crippen molar-refractivity contribution in [3.63, 3.8) is 0 Å². The highest BCUT2D eigenvalue weighted by Crippen LogP contribution is 2.24. The molecule has 0 saturated carbocycles. The van der Waals surface area contributed by atoms with Gasteiger partial charge in [-0.05, 0) is 31.4 Å². The highest BCUT2D eigenvalue weighted by molar-refractivity contribution is 14.0. The first-order valence-electron chi connectivity index (χ1n) is 8.88. The SMILES string of the molecule is CCNC(=NCc1ccc(S(=O)(=O)N(C)C)s1)NCCCOCC(C)C.I. The maximum absolute atomic E-state index is 12.1. The Kier molecular flexibility index (Phi) is 13.5. The van der Waals surface area contributed by atoms with Gasteiger partial charge in [0.25, 0.3) is 10.0 Å². The Morgan fingerprint density at radius 2 is 2.00 bits per heavy atom. The van der Waals surface area contributed by atoms with Crippen LogP contribution < -0.4 is 10.6 Å². The van der Waals surface area contributed by atoms with E-state index < -0.39 is 10.0 Å². The third-order valence-corrected chi connectivity index (χ3v) is 6.67. The number of nitrogens with one attached hydrogen (secondary N) is 2. The second-order valence-electron chi connectivity index (χ2n) is 6.45. The molecule has 1 heterocycles. The van der Waals surface area contributed by atoms with E-state index in [1.54, 1.807) is 6.07 Å². The van der Waals surface area contributed by atoms with E-state index in [0.29, 0.717) is 16.7 Å². The lowest BCUT2D eigenvalue weighted by Gasteiger charge is -2.11. The van der Waals surface area contributed by atoms with E-state index in [0.717, 1.165) is 43.6 Å². The van der Waals surface area contributed by atoms with Gasteiger partial charge >= 0.3 is 0 Å². The Balaban J connectivity index is 0.00000676. The molecule has 1 rings (SSSR count). The molecule has 0 radical (unpaired) electrons. The van der Waals surface area contributed by atoms with Gasteiger partial charge in [-0.1, -0.05) is 13.8 Å². The Morgan fingerprint density at radius 3 is 2.59 bits per heavy atom. The van der Waals surface area contributed by atoms with Crippen LogP contribution in [0.25, 0.3) is 0 Å². The van der Waals surface area contributed by atoms with Crippen molar-refractivity contribution in [1.82, 2.24) is 14.9 Å². The molecule has 0 aliphatic rings. The molecule has 1 aromatic heterocycles. The summed E-state index contributed by atoms with van der Waals surface area (Å²) in [5, 5.41) is 6.46. The fraction of sp³-hybridized carbons (Fsp3) is 0.706. The largest absolute Gasteiger partial charge is 0.381 e. The topological polar surface area (TPSA) is 83.0 Å². The summed E-state index contributed by atoms with van der Waals surface area (Å²) >= 11 is 1.25. The smallest absolute Gasteiger partial charge is 0.252 e. The van der Waals surface area contributed by atoms with Gasteiger partial charge in [-0.3, -0.25) is 0 Å². The van der Waals surface area contributed by atoms with Crippen LogP contribution in [0.3, 0.4) is 0 Å². The average Bonchev–Trinajstić information content (AvgIpc) is 3.05. The zero-order chi connectivity index (χ0) is 19.6. The zero-order valence-electron chi connectivity index (χ0n) is 16.8. The summed E-state index contributed by atoms with van der Waals surface area (Å²) in [6, 6.07) is 3.45. The fourth-order valence-corrected chi connectivity index (χ4v) is 4.41. The second kappa shape index (κ2) is 13.7. The lowest BCUT2D eigenvalue weighted by Crippen LogP contribution is -2.38. The number of aliphatic imine (C=N–C) groups is 1. The van der Waals surface area contributed by atoms with E-state index in [4.69, 9.17) is 4.74 Å². The molecule has 0 atom stereocenters. The normalized spacial score (nSPS) is 12.3. The van der Waals surface area contributed by atoms with Crippen molar-refractivity contribution in [3.05, 3.63) is 17.0 Å². The van der Waals surface area contributed by atoms with Crippen LogP contribution in [-0.2, 0) is 21.3 Å². The van der Waals surface area contributed by atoms with E-state index >= 15 is 0 Å². The predicted octanol–water partition coefficient (Wildman–Crippen LogP) is 2.73. The number of thiophene rings is 1. The zero-order valence-corrected chi connectivity index (χ0v) is 20.8. The third kappa shape index (κ3) is 10.1. The minimum Gasteiger partial charge on any atom is -0.381 e. The van der Waals surface area contributed by atoms with Gasteiger partial charge in [0.1, 0.15) is 4.21 Å². The van der Waals surface area contributed by atoms with E-state index in [1.807, 2.05) is 13.0 Å². The van der Waals surface area contributed by atoms with E-state index in [9.17, 15) is 8.42 Å².